The lowest BCUT2D eigenvalue weighted by Crippen LogP contribution is -2.16. The van der Waals surface area contributed by atoms with Crippen LogP contribution in [0.2, 0.25) is 0 Å². The van der Waals surface area contributed by atoms with Gasteiger partial charge in [-0.1, -0.05) is 36.4 Å². The SMILES string of the molecule is COC(=O)C1=CN(Cc2ccccc2)C=CC1. The second-order valence-corrected chi connectivity index (χ2v) is 3.89. The van der Waals surface area contributed by atoms with Crippen molar-refractivity contribution in [1.82, 2.24) is 4.90 Å². The van der Waals surface area contributed by atoms with E-state index in [4.69, 9.17) is 4.74 Å². The molecule has 0 amide bonds. The first kappa shape index (κ1) is 11.5. The molecule has 3 heteroatoms. The molecule has 0 saturated carbocycles. The fourth-order valence-corrected chi connectivity index (χ4v) is 1.77. The van der Waals surface area contributed by atoms with Crippen molar-refractivity contribution in [3.63, 3.8) is 0 Å². The molecule has 3 nitrogen and oxygen atoms in total. The van der Waals surface area contributed by atoms with Gasteiger partial charge in [0.1, 0.15) is 0 Å². The van der Waals surface area contributed by atoms with Crippen molar-refractivity contribution >= 4 is 5.97 Å². The summed E-state index contributed by atoms with van der Waals surface area (Å²) < 4.78 is 4.72. The lowest BCUT2D eigenvalue weighted by molar-refractivity contribution is -0.136. The van der Waals surface area contributed by atoms with Crippen molar-refractivity contribution < 1.29 is 9.53 Å². The van der Waals surface area contributed by atoms with Crippen molar-refractivity contribution in [2.45, 2.75) is 13.0 Å². The zero-order valence-corrected chi connectivity index (χ0v) is 9.80. The summed E-state index contributed by atoms with van der Waals surface area (Å²) in [7, 11) is 1.41. The minimum atomic E-state index is -0.257. The molecule has 0 aromatic heterocycles. The highest BCUT2D eigenvalue weighted by Crippen LogP contribution is 2.15. The number of ether oxygens (including phenoxy) is 1. The van der Waals surface area contributed by atoms with Gasteiger partial charge in [-0.2, -0.15) is 0 Å². The van der Waals surface area contributed by atoms with Crippen LogP contribution in [0.5, 0.6) is 0 Å². The average Bonchev–Trinajstić information content (AvgIpc) is 2.39. The van der Waals surface area contributed by atoms with Crippen LogP contribution >= 0.6 is 0 Å². The van der Waals surface area contributed by atoms with Crippen LogP contribution in [0.25, 0.3) is 0 Å². The van der Waals surface area contributed by atoms with E-state index in [-0.39, 0.29) is 5.97 Å². The summed E-state index contributed by atoms with van der Waals surface area (Å²) >= 11 is 0. The normalized spacial score (nSPS) is 14.4. The van der Waals surface area contributed by atoms with Gasteiger partial charge in [0, 0.05) is 25.4 Å². The highest BCUT2D eigenvalue weighted by atomic mass is 16.5. The molecule has 1 heterocycles. The molecule has 2 rings (SSSR count). The molecule has 1 aliphatic rings. The van der Waals surface area contributed by atoms with E-state index in [1.54, 1.807) is 0 Å². The first-order chi connectivity index (χ1) is 8.29. The van der Waals surface area contributed by atoms with Gasteiger partial charge in [-0.15, -0.1) is 0 Å². The molecule has 88 valence electrons. The molecule has 0 saturated heterocycles. The van der Waals surface area contributed by atoms with Crippen LogP contribution in [0.15, 0.2) is 54.4 Å². The molecule has 0 bridgehead atoms. The molecule has 17 heavy (non-hydrogen) atoms. The Bertz CT molecular complexity index is 449. The first-order valence-electron chi connectivity index (χ1n) is 5.55. The van der Waals surface area contributed by atoms with E-state index in [1.165, 1.54) is 12.7 Å². The lowest BCUT2D eigenvalue weighted by atomic mass is 10.1. The predicted octanol–water partition coefficient (Wildman–Crippen LogP) is 2.46. The summed E-state index contributed by atoms with van der Waals surface area (Å²) in [6, 6.07) is 10.1. The second kappa shape index (κ2) is 5.34. The molecule has 0 fully saturated rings. The fourth-order valence-electron chi connectivity index (χ4n) is 1.77. The van der Waals surface area contributed by atoms with Crippen LogP contribution in [0.1, 0.15) is 12.0 Å². The molecule has 1 aromatic rings. The summed E-state index contributed by atoms with van der Waals surface area (Å²) in [4.78, 5) is 13.4. The Morgan fingerprint density at radius 1 is 1.35 bits per heavy atom. The molecule has 1 aliphatic heterocycles. The minimum absolute atomic E-state index is 0.257. The number of nitrogens with zero attached hydrogens (tertiary/aromatic N) is 1. The Morgan fingerprint density at radius 2 is 2.12 bits per heavy atom. The number of methoxy groups -OCH3 is 1. The number of carbonyl (C=O) groups is 1. The van der Waals surface area contributed by atoms with Crippen LogP contribution in [0.4, 0.5) is 0 Å². The van der Waals surface area contributed by atoms with Crippen LogP contribution in [-0.4, -0.2) is 18.0 Å². The number of hydrogen-bond acceptors (Lipinski definition) is 3. The van der Waals surface area contributed by atoms with Crippen LogP contribution in [0, 0.1) is 0 Å². The zero-order valence-electron chi connectivity index (χ0n) is 9.80. The van der Waals surface area contributed by atoms with E-state index in [2.05, 4.69) is 12.1 Å². The summed E-state index contributed by atoms with van der Waals surface area (Å²) in [6.07, 6.45) is 6.44. The van der Waals surface area contributed by atoms with E-state index >= 15 is 0 Å². The molecule has 0 atom stereocenters. The highest BCUT2D eigenvalue weighted by molar-refractivity contribution is 5.88. The second-order valence-electron chi connectivity index (χ2n) is 3.89. The Hall–Kier alpha value is -2.03. The summed E-state index contributed by atoms with van der Waals surface area (Å²) in [5, 5.41) is 0. The van der Waals surface area contributed by atoms with Crippen LogP contribution in [0.3, 0.4) is 0 Å². The van der Waals surface area contributed by atoms with Crippen molar-refractivity contribution in [2.75, 3.05) is 7.11 Å². The van der Waals surface area contributed by atoms with E-state index in [0.717, 1.165) is 6.54 Å². The third-order valence-corrected chi connectivity index (χ3v) is 2.61. The molecular weight excluding hydrogens is 214 g/mol. The number of hydrogen-bond donors (Lipinski definition) is 0. The topological polar surface area (TPSA) is 29.5 Å². The third-order valence-electron chi connectivity index (χ3n) is 2.61. The van der Waals surface area contributed by atoms with Crippen LogP contribution < -0.4 is 0 Å². The number of allylic oxidation sites excluding steroid dienone is 1. The Kier molecular flexibility index (Phi) is 3.60. The Morgan fingerprint density at radius 3 is 2.82 bits per heavy atom. The zero-order chi connectivity index (χ0) is 12.1. The molecule has 1 aromatic carbocycles. The third kappa shape index (κ3) is 2.97. The van der Waals surface area contributed by atoms with Gasteiger partial charge in [0.2, 0.25) is 0 Å². The smallest absolute Gasteiger partial charge is 0.335 e. The van der Waals surface area contributed by atoms with Gasteiger partial charge in [-0.25, -0.2) is 4.79 Å². The highest BCUT2D eigenvalue weighted by Gasteiger charge is 2.13. The van der Waals surface area contributed by atoms with Gasteiger partial charge in [-0.05, 0) is 5.56 Å². The Labute approximate surface area is 101 Å². The maximum absolute atomic E-state index is 11.4. The summed E-state index contributed by atoms with van der Waals surface area (Å²) in [5.41, 5.74) is 1.89. The van der Waals surface area contributed by atoms with Gasteiger partial charge in [0.25, 0.3) is 0 Å². The number of carbonyl (C=O) groups excluding carboxylic acids is 1. The number of benzene rings is 1. The summed E-state index contributed by atoms with van der Waals surface area (Å²) in [5.74, 6) is -0.257. The van der Waals surface area contributed by atoms with E-state index < -0.39 is 0 Å². The molecular formula is C14H15NO2. The lowest BCUT2D eigenvalue weighted by Gasteiger charge is -2.20. The van der Waals surface area contributed by atoms with E-state index in [0.29, 0.717) is 12.0 Å². The fraction of sp³-hybridized carbons (Fsp3) is 0.214. The van der Waals surface area contributed by atoms with Gasteiger partial charge in [0.05, 0.1) is 12.7 Å². The van der Waals surface area contributed by atoms with Crippen molar-refractivity contribution in [1.29, 1.82) is 0 Å². The maximum Gasteiger partial charge on any atom is 0.335 e. The van der Waals surface area contributed by atoms with Gasteiger partial charge in [0.15, 0.2) is 0 Å². The van der Waals surface area contributed by atoms with Crippen molar-refractivity contribution in [2.24, 2.45) is 0 Å². The monoisotopic (exact) mass is 229 g/mol. The molecule has 0 aliphatic carbocycles. The molecule has 0 unspecified atom stereocenters. The minimum Gasteiger partial charge on any atom is -0.466 e. The number of rotatable bonds is 3. The van der Waals surface area contributed by atoms with E-state index in [1.807, 2.05) is 41.6 Å². The molecule has 0 N–H and O–H groups in total. The predicted molar refractivity (Wildman–Crippen MR) is 65.8 cm³/mol. The molecule has 0 radical (unpaired) electrons. The van der Waals surface area contributed by atoms with Gasteiger partial charge >= 0.3 is 5.97 Å². The largest absolute Gasteiger partial charge is 0.466 e. The van der Waals surface area contributed by atoms with Crippen molar-refractivity contribution in [3.8, 4) is 0 Å². The van der Waals surface area contributed by atoms with Crippen LogP contribution in [-0.2, 0) is 16.1 Å². The number of esters is 1. The maximum atomic E-state index is 11.4. The average molecular weight is 229 g/mol. The summed E-state index contributed by atoms with van der Waals surface area (Å²) in [6.45, 7) is 0.762. The quantitative estimate of drug-likeness (QED) is 0.746. The molecule has 0 spiro atoms. The Balaban J connectivity index is 2.07. The van der Waals surface area contributed by atoms with Gasteiger partial charge < -0.3 is 9.64 Å². The van der Waals surface area contributed by atoms with Crippen molar-refractivity contribution in [3.05, 3.63) is 59.9 Å². The van der Waals surface area contributed by atoms with E-state index in [9.17, 15) is 4.79 Å². The standard InChI is InChI=1S/C14H15NO2/c1-17-14(16)13-8-5-9-15(11-13)10-12-6-3-2-4-7-12/h2-7,9,11H,8,10H2,1H3. The van der Waals surface area contributed by atoms with Gasteiger partial charge in [-0.3, -0.25) is 0 Å². The first-order valence-corrected chi connectivity index (χ1v) is 5.55.